The molecule has 0 amide bonds. The van der Waals surface area contributed by atoms with Crippen LogP contribution in [-0.4, -0.2) is 62.0 Å². The van der Waals surface area contributed by atoms with Gasteiger partial charge < -0.3 is 34.8 Å². The van der Waals surface area contributed by atoms with Crippen molar-refractivity contribution >= 4 is 0 Å². The minimum atomic E-state index is -1.15. The molecule has 0 bridgehead atoms. The van der Waals surface area contributed by atoms with Crippen LogP contribution in [0.5, 0.6) is 17.2 Å². The molecule has 0 radical (unpaired) electrons. The van der Waals surface area contributed by atoms with E-state index in [0.29, 0.717) is 17.2 Å². The van der Waals surface area contributed by atoms with E-state index in [1.54, 1.807) is 12.1 Å². The summed E-state index contributed by atoms with van der Waals surface area (Å²) in [6, 6.07) is 3.43. The second-order valence-corrected chi connectivity index (χ2v) is 4.63. The van der Waals surface area contributed by atoms with Crippen molar-refractivity contribution in [1.82, 2.24) is 5.32 Å². The number of nitrogens with one attached hydrogen (secondary N) is 1. The van der Waals surface area contributed by atoms with E-state index in [4.69, 9.17) is 14.2 Å². The van der Waals surface area contributed by atoms with Gasteiger partial charge in [-0.15, -0.1) is 0 Å². The molecule has 1 aromatic carbocycles. The average molecular weight is 301 g/mol. The van der Waals surface area contributed by atoms with E-state index in [1.807, 2.05) is 0 Å². The molecule has 0 aliphatic heterocycles. The number of hydrogen-bond donors (Lipinski definition) is 4. The van der Waals surface area contributed by atoms with E-state index < -0.39 is 25.4 Å². The highest BCUT2D eigenvalue weighted by Gasteiger charge is 2.27. The Kier molecular flexibility index (Phi) is 6.70. The van der Waals surface area contributed by atoms with Crippen molar-refractivity contribution in [3.05, 3.63) is 17.7 Å². The summed E-state index contributed by atoms with van der Waals surface area (Å²) in [6.07, 6.45) is 0. The smallest absolute Gasteiger partial charge is 0.164 e. The molecule has 0 spiro atoms. The van der Waals surface area contributed by atoms with Crippen molar-refractivity contribution < 1.29 is 29.5 Å². The normalized spacial score (nSPS) is 11.3. The molecule has 0 aliphatic rings. The Labute approximate surface area is 124 Å². The first-order valence-electron chi connectivity index (χ1n) is 6.46. The maximum Gasteiger partial charge on any atom is 0.164 e. The van der Waals surface area contributed by atoms with E-state index in [0.717, 1.165) is 5.56 Å². The number of methoxy groups -OCH3 is 3. The fraction of sp³-hybridized carbons (Fsp3) is 0.571. The van der Waals surface area contributed by atoms with Gasteiger partial charge in [0.25, 0.3) is 0 Å². The van der Waals surface area contributed by atoms with Gasteiger partial charge in [-0.3, -0.25) is 0 Å². The molecule has 0 aliphatic carbocycles. The van der Waals surface area contributed by atoms with Crippen molar-refractivity contribution in [1.29, 1.82) is 0 Å². The van der Waals surface area contributed by atoms with Gasteiger partial charge in [0.15, 0.2) is 11.5 Å². The zero-order valence-electron chi connectivity index (χ0n) is 12.5. The lowest BCUT2D eigenvalue weighted by atomic mass is 10.0. The largest absolute Gasteiger partial charge is 0.496 e. The van der Waals surface area contributed by atoms with Crippen LogP contribution in [0.15, 0.2) is 12.1 Å². The molecule has 1 aromatic rings. The predicted octanol–water partition coefficient (Wildman–Crippen LogP) is -0.482. The van der Waals surface area contributed by atoms with Crippen LogP contribution in [0, 0.1) is 0 Å². The summed E-state index contributed by atoms with van der Waals surface area (Å²) in [4.78, 5) is 0. The van der Waals surface area contributed by atoms with Gasteiger partial charge in [-0.05, 0) is 6.07 Å². The minimum absolute atomic E-state index is 0.269. The van der Waals surface area contributed by atoms with Crippen LogP contribution in [0.25, 0.3) is 0 Å². The fourth-order valence-electron chi connectivity index (χ4n) is 1.83. The first-order valence-corrected chi connectivity index (χ1v) is 6.46. The van der Waals surface area contributed by atoms with E-state index in [9.17, 15) is 15.3 Å². The van der Waals surface area contributed by atoms with Crippen LogP contribution in [0.2, 0.25) is 0 Å². The third-order valence-electron chi connectivity index (χ3n) is 3.35. The highest BCUT2D eigenvalue weighted by atomic mass is 16.5. The molecule has 7 heteroatoms. The van der Waals surface area contributed by atoms with Gasteiger partial charge in [-0.25, -0.2) is 0 Å². The number of benzene rings is 1. The Morgan fingerprint density at radius 1 is 0.857 bits per heavy atom. The molecular weight excluding hydrogens is 278 g/mol. The summed E-state index contributed by atoms with van der Waals surface area (Å²) in [5, 5.41) is 30.9. The molecule has 21 heavy (non-hydrogen) atoms. The van der Waals surface area contributed by atoms with Gasteiger partial charge in [0.2, 0.25) is 0 Å². The Morgan fingerprint density at radius 2 is 1.33 bits per heavy atom. The Hall–Kier alpha value is -1.54. The molecule has 1 rings (SSSR count). The summed E-state index contributed by atoms with van der Waals surface area (Å²) in [5.41, 5.74) is -0.409. The lowest BCUT2D eigenvalue weighted by Crippen LogP contribution is -2.54. The topological polar surface area (TPSA) is 100 Å². The van der Waals surface area contributed by atoms with Crippen LogP contribution >= 0.6 is 0 Å². The summed E-state index contributed by atoms with van der Waals surface area (Å²) in [5.74, 6) is 1.65. The molecule has 4 N–H and O–H groups in total. The maximum atomic E-state index is 9.31. The Balaban J connectivity index is 3.01. The number of rotatable bonds is 9. The van der Waals surface area contributed by atoms with Crippen molar-refractivity contribution in [3.63, 3.8) is 0 Å². The third kappa shape index (κ3) is 3.98. The molecule has 0 saturated carbocycles. The molecule has 0 fully saturated rings. The van der Waals surface area contributed by atoms with Crippen LogP contribution in [0.3, 0.4) is 0 Å². The van der Waals surface area contributed by atoms with Gasteiger partial charge in [0.05, 0.1) is 46.7 Å². The van der Waals surface area contributed by atoms with Crippen molar-refractivity contribution in [2.24, 2.45) is 0 Å². The maximum absolute atomic E-state index is 9.31. The van der Waals surface area contributed by atoms with E-state index >= 15 is 0 Å². The predicted molar refractivity (Wildman–Crippen MR) is 76.9 cm³/mol. The van der Waals surface area contributed by atoms with Gasteiger partial charge in [-0.2, -0.15) is 0 Å². The quantitative estimate of drug-likeness (QED) is 0.489. The van der Waals surface area contributed by atoms with E-state index in [1.165, 1.54) is 21.3 Å². The van der Waals surface area contributed by atoms with Crippen LogP contribution in [0.4, 0.5) is 0 Å². The molecule has 7 nitrogen and oxygen atoms in total. The highest BCUT2D eigenvalue weighted by molar-refractivity contribution is 5.50. The first kappa shape index (κ1) is 17.5. The monoisotopic (exact) mass is 301 g/mol. The number of aliphatic hydroxyl groups excluding tert-OH is 3. The van der Waals surface area contributed by atoms with Crippen LogP contribution in [0.1, 0.15) is 5.56 Å². The molecular formula is C14H23NO6. The molecule has 0 unspecified atom stereocenters. The first-order chi connectivity index (χ1) is 10.1. The zero-order valence-corrected chi connectivity index (χ0v) is 12.5. The molecule has 0 atom stereocenters. The third-order valence-corrected chi connectivity index (χ3v) is 3.35. The van der Waals surface area contributed by atoms with Crippen LogP contribution in [-0.2, 0) is 6.54 Å². The second kappa shape index (κ2) is 8.04. The Bertz CT molecular complexity index is 439. The Morgan fingerprint density at radius 3 is 1.76 bits per heavy atom. The standard InChI is InChI=1S/C14H23NO6/c1-19-11-5-13(21-3)12(20-2)4-10(11)6-15-14(7-16,8-17)9-18/h4-5,15-18H,6-9H2,1-3H3. The molecule has 120 valence electrons. The van der Waals surface area contributed by atoms with Crippen molar-refractivity contribution in [3.8, 4) is 17.2 Å². The summed E-state index contributed by atoms with van der Waals surface area (Å²) in [7, 11) is 4.59. The second-order valence-electron chi connectivity index (χ2n) is 4.63. The minimum Gasteiger partial charge on any atom is -0.496 e. The van der Waals surface area contributed by atoms with E-state index in [-0.39, 0.29) is 6.54 Å². The SMILES string of the molecule is COc1cc(OC)c(OC)cc1CNC(CO)(CO)CO. The van der Waals surface area contributed by atoms with Gasteiger partial charge >= 0.3 is 0 Å². The number of hydrogen-bond acceptors (Lipinski definition) is 7. The highest BCUT2D eigenvalue weighted by Crippen LogP contribution is 2.34. The summed E-state index contributed by atoms with van der Waals surface area (Å²) >= 11 is 0. The summed E-state index contributed by atoms with van der Waals surface area (Å²) in [6.45, 7) is -0.911. The lowest BCUT2D eigenvalue weighted by molar-refractivity contribution is 0.0412. The zero-order chi connectivity index (χ0) is 15.9. The average Bonchev–Trinajstić information content (AvgIpc) is 2.55. The lowest BCUT2D eigenvalue weighted by Gasteiger charge is -2.29. The van der Waals surface area contributed by atoms with Crippen LogP contribution < -0.4 is 19.5 Å². The van der Waals surface area contributed by atoms with Gasteiger partial charge in [0.1, 0.15) is 5.75 Å². The van der Waals surface area contributed by atoms with E-state index in [2.05, 4.69) is 5.32 Å². The van der Waals surface area contributed by atoms with Gasteiger partial charge in [0, 0.05) is 18.2 Å². The molecule has 0 aromatic heterocycles. The number of aliphatic hydroxyl groups is 3. The van der Waals surface area contributed by atoms with Gasteiger partial charge in [-0.1, -0.05) is 0 Å². The summed E-state index contributed by atoms with van der Waals surface area (Å²) < 4.78 is 15.7. The molecule has 0 heterocycles. The van der Waals surface area contributed by atoms with Crippen molar-refractivity contribution in [2.45, 2.75) is 12.1 Å². The molecule has 0 saturated heterocycles. The number of ether oxygens (including phenoxy) is 3. The fourth-order valence-corrected chi connectivity index (χ4v) is 1.83. The van der Waals surface area contributed by atoms with Crippen molar-refractivity contribution in [2.75, 3.05) is 41.2 Å².